The summed E-state index contributed by atoms with van der Waals surface area (Å²) in [5.41, 5.74) is 0.496. The molecule has 0 fully saturated rings. The summed E-state index contributed by atoms with van der Waals surface area (Å²) in [6, 6.07) is 5.60. The van der Waals surface area contributed by atoms with Crippen LogP contribution >= 0.6 is 0 Å². The third kappa shape index (κ3) is 4.98. The van der Waals surface area contributed by atoms with E-state index in [0.717, 1.165) is 18.7 Å². The summed E-state index contributed by atoms with van der Waals surface area (Å²) in [6.45, 7) is 3.36. The topological polar surface area (TPSA) is 72.7 Å². The van der Waals surface area contributed by atoms with Crippen molar-refractivity contribution in [3.05, 3.63) is 46.9 Å². The van der Waals surface area contributed by atoms with Crippen molar-refractivity contribution in [3.63, 3.8) is 0 Å². The van der Waals surface area contributed by atoms with E-state index in [1.165, 1.54) is 30.2 Å². The van der Waals surface area contributed by atoms with Crippen molar-refractivity contribution in [3.8, 4) is 0 Å². The lowest BCUT2D eigenvalue weighted by Gasteiger charge is -2.06. The van der Waals surface area contributed by atoms with E-state index in [4.69, 9.17) is 0 Å². The summed E-state index contributed by atoms with van der Waals surface area (Å²) in [4.78, 5) is 24.2. The molecule has 2 aromatic rings. The molecule has 0 unspecified atom stereocenters. The van der Waals surface area contributed by atoms with Crippen LogP contribution in [0.5, 0.6) is 0 Å². The molecule has 112 valence electrons. The van der Waals surface area contributed by atoms with Gasteiger partial charge in [0.1, 0.15) is 6.33 Å². The smallest absolute Gasteiger partial charge is 0.352 e. The van der Waals surface area contributed by atoms with Crippen LogP contribution in [0.25, 0.3) is 0 Å². The van der Waals surface area contributed by atoms with E-state index in [-0.39, 0.29) is 5.69 Å². The molecule has 2 rings (SSSR count). The fourth-order valence-corrected chi connectivity index (χ4v) is 1.97. The molecule has 0 aliphatic carbocycles. The van der Waals surface area contributed by atoms with Gasteiger partial charge in [0.05, 0.1) is 12.2 Å². The molecule has 6 heteroatoms. The first-order valence-electron chi connectivity index (χ1n) is 7.37. The Balaban J connectivity index is 1.90. The molecule has 0 bridgehead atoms. The molecule has 0 atom stereocenters. The largest absolute Gasteiger partial charge is 0.354 e. The lowest BCUT2D eigenvalue weighted by atomic mass is 10.2. The number of anilines is 1. The van der Waals surface area contributed by atoms with Crippen LogP contribution in [-0.2, 0) is 6.54 Å². The van der Waals surface area contributed by atoms with Crippen LogP contribution in [0.3, 0.4) is 0 Å². The zero-order valence-corrected chi connectivity index (χ0v) is 12.3. The Hall–Kier alpha value is -2.24. The Morgan fingerprint density at radius 3 is 2.81 bits per heavy atom. The third-order valence-corrected chi connectivity index (χ3v) is 3.14. The van der Waals surface area contributed by atoms with Gasteiger partial charge >= 0.3 is 5.69 Å². The van der Waals surface area contributed by atoms with E-state index in [1.807, 2.05) is 18.2 Å². The third-order valence-electron chi connectivity index (χ3n) is 3.14. The lowest BCUT2D eigenvalue weighted by Crippen LogP contribution is -2.25. The summed E-state index contributed by atoms with van der Waals surface area (Å²) >= 11 is 0. The number of nitrogens with one attached hydrogen (secondary N) is 1. The lowest BCUT2D eigenvalue weighted by molar-refractivity contribution is 0.672. The molecule has 0 spiro atoms. The van der Waals surface area contributed by atoms with Crippen LogP contribution < -0.4 is 11.0 Å². The van der Waals surface area contributed by atoms with E-state index in [1.54, 1.807) is 6.20 Å². The Kier molecular flexibility index (Phi) is 5.87. The second-order valence-electron chi connectivity index (χ2n) is 4.90. The molecule has 2 aromatic heterocycles. The molecular weight excluding hydrogens is 266 g/mol. The van der Waals surface area contributed by atoms with Gasteiger partial charge in [-0.15, -0.1) is 0 Å². The second-order valence-corrected chi connectivity index (χ2v) is 4.90. The number of hydrogen-bond acceptors (Lipinski definition) is 5. The SMILES string of the molecule is CCCCCCNc1ncn(Cc2ccccn2)c(=O)n1. The van der Waals surface area contributed by atoms with Crippen LogP contribution in [0.4, 0.5) is 5.95 Å². The minimum atomic E-state index is -0.313. The van der Waals surface area contributed by atoms with Crippen molar-refractivity contribution in [2.24, 2.45) is 0 Å². The molecule has 0 aliphatic heterocycles. The fourth-order valence-electron chi connectivity index (χ4n) is 1.97. The predicted molar refractivity (Wildman–Crippen MR) is 82.3 cm³/mol. The second kappa shape index (κ2) is 8.14. The summed E-state index contributed by atoms with van der Waals surface area (Å²) in [7, 11) is 0. The van der Waals surface area contributed by atoms with Gasteiger partial charge in [-0.3, -0.25) is 9.55 Å². The zero-order valence-electron chi connectivity index (χ0n) is 12.3. The Morgan fingerprint density at radius 1 is 1.19 bits per heavy atom. The first-order valence-corrected chi connectivity index (χ1v) is 7.37. The average Bonchev–Trinajstić information content (AvgIpc) is 2.51. The molecule has 0 amide bonds. The highest BCUT2D eigenvalue weighted by atomic mass is 16.1. The van der Waals surface area contributed by atoms with E-state index in [0.29, 0.717) is 12.5 Å². The summed E-state index contributed by atoms with van der Waals surface area (Å²) in [6.07, 6.45) is 7.90. The summed E-state index contributed by atoms with van der Waals surface area (Å²) in [5.74, 6) is 0.397. The molecule has 6 nitrogen and oxygen atoms in total. The van der Waals surface area contributed by atoms with Gasteiger partial charge in [-0.1, -0.05) is 32.3 Å². The molecule has 0 aromatic carbocycles. The molecule has 0 saturated heterocycles. The van der Waals surface area contributed by atoms with Crippen molar-refractivity contribution in [1.29, 1.82) is 0 Å². The molecule has 0 aliphatic rings. The van der Waals surface area contributed by atoms with Crippen LogP contribution in [0, 0.1) is 0 Å². The highest BCUT2D eigenvalue weighted by molar-refractivity contribution is 5.20. The maximum absolute atomic E-state index is 11.9. The zero-order chi connectivity index (χ0) is 14.9. The minimum absolute atomic E-state index is 0.313. The molecule has 2 heterocycles. The van der Waals surface area contributed by atoms with Crippen LogP contribution in [0.2, 0.25) is 0 Å². The van der Waals surface area contributed by atoms with Gasteiger partial charge in [-0.25, -0.2) is 9.78 Å². The van der Waals surface area contributed by atoms with Crippen molar-refractivity contribution < 1.29 is 0 Å². The number of hydrogen-bond donors (Lipinski definition) is 1. The Morgan fingerprint density at radius 2 is 2.10 bits per heavy atom. The predicted octanol–water partition coefficient (Wildman–Crippen LogP) is 2.07. The van der Waals surface area contributed by atoms with Gasteiger partial charge < -0.3 is 5.32 Å². The quantitative estimate of drug-likeness (QED) is 0.752. The highest BCUT2D eigenvalue weighted by Gasteiger charge is 2.02. The maximum atomic E-state index is 11.9. The average molecular weight is 287 g/mol. The van der Waals surface area contributed by atoms with E-state index < -0.39 is 0 Å². The van der Waals surface area contributed by atoms with Crippen LogP contribution in [-0.4, -0.2) is 26.1 Å². The van der Waals surface area contributed by atoms with Crippen molar-refractivity contribution in [2.75, 3.05) is 11.9 Å². The summed E-state index contributed by atoms with van der Waals surface area (Å²) < 4.78 is 1.45. The van der Waals surface area contributed by atoms with Crippen molar-refractivity contribution in [1.82, 2.24) is 19.5 Å². The Labute approximate surface area is 124 Å². The monoisotopic (exact) mass is 287 g/mol. The van der Waals surface area contributed by atoms with Gasteiger partial charge in [0.2, 0.25) is 5.95 Å². The van der Waals surface area contributed by atoms with E-state index in [9.17, 15) is 4.79 Å². The van der Waals surface area contributed by atoms with Gasteiger partial charge in [-0.05, 0) is 18.6 Å². The fraction of sp³-hybridized carbons (Fsp3) is 0.467. The molecule has 0 radical (unpaired) electrons. The van der Waals surface area contributed by atoms with Crippen molar-refractivity contribution >= 4 is 5.95 Å². The molecule has 21 heavy (non-hydrogen) atoms. The van der Waals surface area contributed by atoms with Gasteiger partial charge in [0.25, 0.3) is 0 Å². The number of nitrogens with zero attached hydrogens (tertiary/aromatic N) is 4. The van der Waals surface area contributed by atoms with E-state index in [2.05, 4.69) is 27.2 Å². The maximum Gasteiger partial charge on any atom is 0.352 e. The molecular formula is C15H21N5O. The van der Waals surface area contributed by atoms with Gasteiger partial charge in [0.15, 0.2) is 0 Å². The number of rotatable bonds is 8. The number of unbranched alkanes of at least 4 members (excludes halogenated alkanes) is 3. The van der Waals surface area contributed by atoms with Crippen molar-refractivity contribution in [2.45, 2.75) is 39.2 Å². The molecule has 0 saturated carbocycles. The first-order chi connectivity index (χ1) is 10.3. The molecule has 1 N–H and O–H groups in total. The Bertz CT molecular complexity index is 597. The standard InChI is InChI=1S/C15H21N5O/c1-2-3-4-6-10-17-14-18-12-20(15(21)19-14)11-13-8-5-7-9-16-13/h5,7-9,12H,2-4,6,10-11H2,1H3,(H,17,19,21). The first kappa shape index (κ1) is 15.2. The van der Waals surface area contributed by atoms with Gasteiger partial charge in [0, 0.05) is 12.7 Å². The summed E-state index contributed by atoms with van der Waals surface area (Å²) in [5, 5.41) is 3.08. The van der Waals surface area contributed by atoms with Crippen LogP contribution in [0.1, 0.15) is 38.3 Å². The number of pyridine rings is 1. The number of aromatic nitrogens is 4. The normalized spacial score (nSPS) is 10.5. The highest BCUT2D eigenvalue weighted by Crippen LogP contribution is 2.00. The van der Waals surface area contributed by atoms with Crippen LogP contribution in [0.15, 0.2) is 35.5 Å². The van der Waals surface area contributed by atoms with E-state index >= 15 is 0 Å². The van der Waals surface area contributed by atoms with Gasteiger partial charge in [-0.2, -0.15) is 4.98 Å². The minimum Gasteiger partial charge on any atom is -0.354 e.